The molecule has 1 aliphatic rings. The van der Waals surface area contributed by atoms with Gasteiger partial charge in [-0.1, -0.05) is 48.0 Å². The quantitative estimate of drug-likeness (QED) is 0.854. The number of anilines is 1. The zero-order chi connectivity index (χ0) is 18.8. The van der Waals surface area contributed by atoms with E-state index in [0.717, 1.165) is 22.4 Å². The zero-order valence-electron chi connectivity index (χ0n) is 15.8. The van der Waals surface area contributed by atoms with Gasteiger partial charge in [-0.15, -0.1) is 0 Å². The van der Waals surface area contributed by atoms with E-state index in [9.17, 15) is 9.59 Å². The van der Waals surface area contributed by atoms with Gasteiger partial charge >= 0.3 is 0 Å². The Kier molecular flexibility index (Phi) is 5.12. The van der Waals surface area contributed by atoms with Crippen LogP contribution >= 0.6 is 0 Å². The lowest BCUT2D eigenvalue weighted by Gasteiger charge is -2.15. The maximum absolute atomic E-state index is 12.5. The summed E-state index contributed by atoms with van der Waals surface area (Å²) in [6.45, 7) is 7.99. The first kappa shape index (κ1) is 18.2. The third-order valence-electron chi connectivity index (χ3n) is 5.05. The van der Waals surface area contributed by atoms with E-state index in [-0.39, 0.29) is 29.7 Å². The number of carbonyl (C=O) groups excluding carboxylic acids is 2. The average Bonchev–Trinajstić information content (AvgIpc) is 3.39. The van der Waals surface area contributed by atoms with Crippen LogP contribution in [0.1, 0.15) is 41.6 Å². The molecular weight excluding hydrogens is 324 g/mol. The van der Waals surface area contributed by atoms with Crippen LogP contribution in [0.3, 0.4) is 0 Å². The summed E-state index contributed by atoms with van der Waals surface area (Å²) in [6, 6.07) is 13.9. The largest absolute Gasteiger partial charge is 0.349 e. The van der Waals surface area contributed by atoms with E-state index in [2.05, 4.69) is 22.8 Å². The van der Waals surface area contributed by atoms with E-state index in [1.54, 1.807) is 0 Å². The van der Waals surface area contributed by atoms with E-state index < -0.39 is 0 Å². The fourth-order valence-corrected chi connectivity index (χ4v) is 3.51. The summed E-state index contributed by atoms with van der Waals surface area (Å²) in [5, 5.41) is 6.04. The Labute approximate surface area is 155 Å². The van der Waals surface area contributed by atoms with Gasteiger partial charge in [0.2, 0.25) is 11.8 Å². The molecule has 3 rings (SSSR count). The highest BCUT2D eigenvalue weighted by Crippen LogP contribution is 2.40. The highest BCUT2D eigenvalue weighted by atomic mass is 16.2. The third kappa shape index (κ3) is 3.96. The molecule has 3 unspecified atom stereocenters. The molecule has 0 heterocycles. The fourth-order valence-electron chi connectivity index (χ4n) is 3.51. The van der Waals surface area contributed by atoms with Gasteiger partial charge < -0.3 is 10.6 Å². The van der Waals surface area contributed by atoms with Crippen LogP contribution in [0.4, 0.5) is 5.69 Å². The van der Waals surface area contributed by atoms with Crippen molar-refractivity contribution in [1.82, 2.24) is 5.32 Å². The maximum Gasteiger partial charge on any atom is 0.228 e. The highest BCUT2D eigenvalue weighted by molar-refractivity contribution is 6.00. The summed E-state index contributed by atoms with van der Waals surface area (Å²) < 4.78 is 0. The Balaban J connectivity index is 1.58. The molecule has 4 heteroatoms. The molecule has 1 saturated carbocycles. The van der Waals surface area contributed by atoms with E-state index in [0.29, 0.717) is 6.42 Å². The van der Waals surface area contributed by atoms with Crippen molar-refractivity contribution in [2.24, 2.45) is 11.8 Å². The first-order chi connectivity index (χ1) is 12.4. The summed E-state index contributed by atoms with van der Waals surface area (Å²) >= 11 is 0. The van der Waals surface area contributed by atoms with Crippen molar-refractivity contribution in [3.63, 3.8) is 0 Å². The van der Waals surface area contributed by atoms with Crippen LogP contribution in [0.15, 0.2) is 42.5 Å². The number of rotatable bonds is 5. The van der Waals surface area contributed by atoms with Crippen LogP contribution in [0.25, 0.3) is 0 Å². The smallest absolute Gasteiger partial charge is 0.228 e. The normalized spacial score (nSPS) is 19.5. The second kappa shape index (κ2) is 7.32. The van der Waals surface area contributed by atoms with Crippen LogP contribution in [0.5, 0.6) is 0 Å². The molecule has 0 aromatic heterocycles. The number of aryl methyl sites for hydroxylation is 3. The van der Waals surface area contributed by atoms with Gasteiger partial charge in [-0.2, -0.15) is 0 Å². The summed E-state index contributed by atoms with van der Waals surface area (Å²) in [4.78, 5) is 25.0. The number of benzene rings is 2. The van der Waals surface area contributed by atoms with Crippen molar-refractivity contribution >= 4 is 17.5 Å². The number of carbonyl (C=O) groups is 2. The predicted molar refractivity (Wildman–Crippen MR) is 104 cm³/mol. The average molecular weight is 350 g/mol. The molecular formula is C22H26N2O2. The van der Waals surface area contributed by atoms with Gasteiger partial charge in [0, 0.05) is 5.69 Å². The Hall–Kier alpha value is -2.62. The SMILES string of the molecule is Cc1cc(C)c(NC(=O)C2CC2C(=O)NC(C)c2ccccc2)c(C)c1. The van der Waals surface area contributed by atoms with Gasteiger partial charge in [-0.3, -0.25) is 9.59 Å². The fraction of sp³-hybridized carbons (Fsp3) is 0.364. The Morgan fingerprint density at radius 2 is 1.54 bits per heavy atom. The first-order valence-electron chi connectivity index (χ1n) is 9.11. The topological polar surface area (TPSA) is 58.2 Å². The molecule has 26 heavy (non-hydrogen) atoms. The third-order valence-corrected chi connectivity index (χ3v) is 5.05. The van der Waals surface area contributed by atoms with Crippen molar-refractivity contribution in [2.75, 3.05) is 5.32 Å². The molecule has 1 aliphatic carbocycles. The van der Waals surface area contributed by atoms with Crippen molar-refractivity contribution in [2.45, 2.75) is 40.2 Å². The van der Waals surface area contributed by atoms with Gasteiger partial charge in [-0.25, -0.2) is 0 Å². The first-order valence-corrected chi connectivity index (χ1v) is 9.11. The molecule has 0 radical (unpaired) electrons. The van der Waals surface area contributed by atoms with Gasteiger partial charge in [-0.05, 0) is 50.8 Å². The molecule has 2 N–H and O–H groups in total. The lowest BCUT2D eigenvalue weighted by molar-refractivity contribution is -0.125. The number of amides is 2. The van der Waals surface area contributed by atoms with Crippen molar-refractivity contribution in [3.05, 3.63) is 64.7 Å². The predicted octanol–water partition coefficient (Wildman–Crippen LogP) is 4.06. The number of nitrogens with one attached hydrogen (secondary N) is 2. The molecule has 0 bridgehead atoms. The maximum atomic E-state index is 12.5. The minimum absolute atomic E-state index is 0.0427. The molecule has 3 atom stereocenters. The standard InChI is InChI=1S/C22H26N2O2/c1-13-10-14(2)20(15(3)11-13)24-22(26)19-12-18(19)21(25)23-16(4)17-8-6-5-7-9-17/h5-11,16,18-19H,12H2,1-4H3,(H,23,25)(H,24,26). The second-order valence-electron chi connectivity index (χ2n) is 7.35. The van der Waals surface area contributed by atoms with Crippen LogP contribution in [0.2, 0.25) is 0 Å². The van der Waals surface area contributed by atoms with E-state index in [4.69, 9.17) is 0 Å². The lowest BCUT2D eigenvalue weighted by atomic mass is 10.0. The summed E-state index contributed by atoms with van der Waals surface area (Å²) in [5.74, 6) is -0.572. The molecule has 4 nitrogen and oxygen atoms in total. The van der Waals surface area contributed by atoms with E-state index in [1.165, 1.54) is 5.56 Å². The monoisotopic (exact) mass is 350 g/mol. The summed E-state index contributed by atoms with van der Waals surface area (Å²) in [6.07, 6.45) is 0.614. The van der Waals surface area contributed by atoms with Crippen LogP contribution in [-0.2, 0) is 9.59 Å². The number of hydrogen-bond donors (Lipinski definition) is 2. The molecule has 136 valence electrons. The van der Waals surface area contributed by atoms with Crippen LogP contribution < -0.4 is 10.6 Å². The van der Waals surface area contributed by atoms with E-state index >= 15 is 0 Å². The Bertz CT molecular complexity index is 806. The van der Waals surface area contributed by atoms with Gasteiger partial charge in [0.15, 0.2) is 0 Å². The Morgan fingerprint density at radius 1 is 0.962 bits per heavy atom. The minimum Gasteiger partial charge on any atom is -0.349 e. The molecule has 0 aliphatic heterocycles. The highest BCUT2D eigenvalue weighted by Gasteiger charge is 2.48. The van der Waals surface area contributed by atoms with Crippen LogP contribution in [0, 0.1) is 32.6 Å². The lowest BCUT2D eigenvalue weighted by Crippen LogP contribution is -2.30. The second-order valence-corrected chi connectivity index (χ2v) is 7.35. The molecule has 1 fully saturated rings. The molecule has 0 spiro atoms. The van der Waals surface area contributed by atoms with Crippen molar-refractivity contribution in [3.8, 4) is 0 Å². The van der Waals surface area contributed by atoms with Crippen LogP contribution in [-0.4, -0.2) is 11.8 Å². The zero-order valence-corrected chi connectivity index (χ0v) is 15.8. The molecule has 2 amide bonds. The molecule has 2 aromatic carbocycles. The van der Waals surface area contributed by atoms with Crippen molar-refractivity contribution < 1.29 is 9.59 Å². The van der Waals surface area contributed by atoms with Gasteiger partial charge in [0.1, 0.15) is 0 Å². The minimum atomic E-state index is -0.238. The van der Waals surface area contributed by atoms with E-state index in [1.807, 2.05) is 58.0 Å². The summed E-state index contributed by atoms with van der Waals surface area (Å²) in [5.41, 5.74) is 5.21. The van der Waals surface area contributed by atoms with Crippen molar-refractivity contribution in [1.29, 1.82) is 0 Å². The molecule has 2 aromatic rings. The molecule has 0 saturated heterocycles. The number of hydrogen-bond acceptors (Lipinski definition) is 2. The van der Waals surface area contributed by atoms with Gasteiger partial charge in [0.25, 0.3) is 0 Å². The summed E-state index contributed by atoms with van der Waals surface area (Å²) in [7, 11) is 0. The van der Waals surface area contributed by atoms with Gasteiger partial charge in [0.05, 0.1) is 17.9 Å². The Morgan fingerprint density at radius 3 is 2.15 bits per heavy atom.